The van der Waals surface area contributed by atoms with Crippen molar-refractivity contribution in [3.63, 3.8) is 0 Å². The van der Waals surface area contributed by atoms with Crippen molar-refractivity contribution < 1.29 is 27.5 Å². The van der Waals surface area contributed by atoms with Crippen LogP contribution in [0.25, 0.3) is 0 Å². The molecule has 1 aliphatic carbocycles. The van der Waals surface area contributed by atoms with Gasteiger partial charge in [-0.25, -0.2) is 9.97 Å². The van der Waals surface area contributed by atoms with Crippen molar-refractivity contribution in [2.24, 2.45) is 5.92 Å². The van der Waals surface area contributed by atoms with E-state index >= 15 is 4.39 Å². The molecule has 3 aromatic rings. The highest BCUT2D eigenvalue weighted by Crippen LogP contribution is 2.43. The fourth-order valence-electron chi connectivity index (χ4n) is 4.12. The van der Waals surface area contributed by atoms with Gasteiger partial charge in [-0.2, -0.15) is 17.6 Å². The summed E-state index contributed by atoms with van der Waals surface area (Å²) >= 11 is 0. The number of nitrogens with one attached hydrogen (secondary N) is 2. The van der Waals surface area contributed by atoms with Gasteiger partial charge in [0, 0.05) is 6.04 Å². The van der Waals surface area contributed by atoms with Crippen LogP contribution in [0, 0.1) is 11.7 Å². The lowest BCUT2D eigenvalue weighted by molar-refractivity contribution is -0.138. The van der Waals surface area contributed by atoms with Gasteiger partial charge in [0.05, 0.1) is 18.0 Å². The first-order valence-corrected chi connectivity index (χ1v) is 11.7. The van der Waals surface area contributed by atoms with Gasteiger partial charge in [0.15, 0.2) is 11.6 Å². The second-order valence-corrected chi connectivity index (χ2v) is 8.93. The molecule has 1 fully saturated rings. The minimum Gasteiger partial charge on any atom is -0.481 e. The van der Waals surface area contributed by atoms with Gasteiger partial charge in [-0.05, 0) is 54.9 Å². The number of hydrogen-bond donors (Lipinski definition) is 3. The fourth-order valence-corrected chi connectivity index (χ4v) is 4.12. The topological polar surface area (TPSA) is 87.1 Å². The summed E-state index contributed by atoms with van der Waals surface area (Å²) in [7, 11) is 0. The molecule has 2 atom stereocenters. The van der Waals surface area contributed by atoms with E-state index < -0.39 is 35.6 Å². The summed E-state index contributed by atoms with van der Waals surface area (Å²) in [6, 6.07) is 13.4. The number of rotatable bonds is 11. The van der Waals surface area contributed by atoms with Crippen LogP contribution in [0.2, 0.25) is 0 Å². The summed E-state index contributed by atoms with van der Waals surface area (Å²) < 4.78 is 54.2. The summed E-state index contributed by atoms with van der Waals surface area (Å²) in [5, 5.41) is 15.2. The maximum absolute atomic E-state index is 15.4. The molecule has 0 radical (unpaired) electrons. The number of carboxylic acids is 1. The molecular weight excluding hydrogens is 476 g/mol. The first-order chi connectivity index (χ1) is 17.2. The molecule has 1 aromatic heterocycles. The van der Waals surface area contributed by atoms with Crippen LogP contribution >= 0.6 is 0 Å². The Hall–Kier alpha value is -3.69. The minimum absolute atomic E-state index is 0.0959. The molecule has 0 bridgehead atoms. The molecule has 0 aliphatic heterocycles. The lowest BCUT2D eigenvalue weighted by atomic mass is 10.0. The maximum atomic E-state index is 15.4. The fraction of sp³-hybridized carbons (Fsp3) is 0.346. The molecule has 0 amide bonds. The van der Waals surface area contributed by atoms with Crippen LogP contribution in [0.3, 0.4) is 0 Å². The summed E-state index contributed by atoms with van der Waals surface area (Å²) in [6.07, 6.45) is -0.741. The van der Waals surface area contributed by atoms with Crippen LogP contribution in [0.5, 0.6) is 0 Å². The van der Waals surface area contributed by atoms with E-state index in [1.807, 2.05) is 30.3 Å². The number of carbonyl (C=O) groups is 1. The third kappa shape index (κ3) is 6.71. The molecule has 36 heavy (non-hydrogen) atoms. The molecule has 6 nitrogen and oxygen atoms in total. The zero-order valence-electron chi connectivity index (χ0n) is 19.3. The largest absolute Gasteiger partial charge is 0.481 e. The lowest BCUT2D eigenvalue weighted by Gasteiger charge is -2.22. The van der Waals surface area contributed by atoms with Gasteiger partial charge in [0.25, 0.3) is 0 Å². The van der Waals surface area contributed by atoms with E-state index in [-0.39, 0.29) is 24.0 Å². The molecule has 1 saturated carbocycles. The van der Waals surface area contributed by atoms with Crippen LogP contribution in [0.4, 0.5) is 29.2 Å². The summed E-state index contributed by atoms with van der Waals surface area (Å²) in [5.74, 6) is -1.89. The number of alkyl halides is 3. The van der Waals surface area contributed by atoms with Crippen LogP contribution < -0.4 is 10.6 Å². The summed E-state index contributed by atoms with van der Waals surface area (Å²) in [6.45, 7) is 0. The number of aryl methyl sites for hydroxylation is 1. The monoisotopic (exact) mass is 502 g/mol. The Morgan fingerprint density at radius 3 is 2.22 bits per heavy atom. The number of aromatic nitrogens is 2. The number of nitrogens with zero attached hydrogens (tertiary/aromatic N) is 2. The Morgan fingerprint density at radius 1 is 1.00 bits per heavy atom. The van der Waals surface area contributed by atoms with Crippen molar-refractivity contribution in [3.8, 4) is 0 Å². The van der Waals surface area contributed by atoms with Crippen molar-refractivity contribution in [2.75, 3.05) is 10.6 Å². The Bertz CT molecular complexity index is 1170. The Morgan fingerprint density at radius 2 is 1.64 bits per heavy atom. The number of aliphatic carboxylic acids is 1. The normalized spacial score (nSPS) is 15.2. The van der Waals surface area contributed by atoms with Gasteiger partial charge >= 0.3 is 12.1 Å². The molecule has 1 unspecified atom stereocenters. The van der Waals surface area contributed by atoms with Gasteiger partial charge in [-0.15, -0.1) is 0 Å². The molecule has 190 valence electrons. The average Bonchev–Trinajstić information content (AvgIpc) is 3.68. The van der Waals surface area contributed by atoms with Gasteiger partial charge in [-0.3, -0.25) is 4.79 Å². The predicted octanol–water partition coefficient (Wildman–Crippen LogP) is 6.09. The van der Waals surface area contributed by atoms with E-state index in [0.717, 1.165) is 30.5 Å². The second-order valence-electron chi connectivity index (χ2n) is 8.93. The Labute approximate surface area is 205 Å². The second kappa shape index (κ2) is 10.9. The van der Waals surface area contributed by atoms with Crippen molar-refractivity contribution in [1.82, 2.24) is 9.97 Å². The van der Waals surface area contributed by atoms with Gasteiger partial charge in [0.1, 0.15) is 6.33 Å². The molecule has 10 heteroatoms. The molecule has 3 N–H and O–H groups in total. The maximum Gasteiger partial charge on any atom is 0.416 e. The van der Waals surface area contributed by atoms with Crippen molar-refractivity contribution in [3.05, 3.63) is 83.4 Å². The quantitative estimate of drug-likeness (QED) is 0.275. The lowest BCUT2D eigenvalue weighted by Crippen LogP contribution is -2.25. The first kappa shape index (κ1) is 25.4. The molecule has 1 aliphatic rings. The molecule has 2 aromatic carbocycles. The minimum atomic E-state index is -4.44. The van der Waals surface area contributed by atoms with E-state index in [9.17, 15) is 23.1 Å². The van der Waals surface area contributed by atoms with E-state index in [1.54, 1.807) is 0 Å². The number of carboxylic acid groups (broad SMARTS) is 1. The van der Waals surface area contributed by atoms with Crippen molar-refractivity contribution >= 4 is 17.6 Å². The van der Waals surface area contributed by atoms with Crippen LogP contribution in [0.1, 0.15) is 48.4 Å². The molecule has 0 spiro atoms. The zero-order valence-corrected chi connectivity index (χ0v) is 19.3. The standard InChI is InChI=1S/C26H26F4N4O2/c27-22-24(33-20(14-21(35)36)13-6-16-4-2-1-3-5-16)31-15-32-25(22)34-23(17-7-8-17)18-9-11-19(12-10-18)26(28,29)30/h1-5,9-12,15,17,20,23H,6-8,13-14H2,(H,35,36)(H2,31,32,33,34)/t20-,23?/m1/s1. The third-order valence-corrected chi connectivity index (χ3v) is 6.16. The molecular formula is C26H26F4N4O2. The average molecular weight is 503 g/mol. The van der Waals surface area contributed by atoms with E-state index in [4.69, 9.17) is 0 Å². The van der Waals surface area contributed by atoms with Crippen molar-refractivity contribution in [1.29, 1.82) is 0 Å². The van der Waals surface area contributed by atoms with E-state index in [1.165, 1.54) is 18.5 Å². The van der Waals surface area contributed by atoms with E-state index in [0.29, 0.717) is 18.4 Å². The summed E-state index contributed by atoms with van der Waals surface area (Å²) in [4.78, 5) is 19.3. The highest BCUT2D eigenvalue weighted by atomic mass is 19.4. The number of hydrogen-bond acceptors (Lipinski definition) is 5. The highest BCUT2D eigenvalue weighted by Gasteiger charge is 2.35. The smallest absolute Gasteiger partial charge is 0.416 e. The van der Waals surface area contributed by atoms with E-state index in [2.05, 4.69) is 20.6 Å². The van der Waals surface area contributed by atoms with Gasteiger partial charge in [0.2, 0.25) is 5.82 Å². The number of anilines is 2. The van der Waals surface area contributed by atoms with Gasteiger partial charge < -0.3 is 15.7 Å². The SMILES string of the molecule is O=C(O)C[C@@H](CCc1ccccc1)Nc1ncnc(NC(c2ccc(C(F)(F)F)cc2)C2CC2)c1F. The zero-order chi connectivity index (χ0) is 25.7. The first-order valence-electron chi connectivity index (χ1n) is 11.7. The number of benzene rings is 2. The van der Waals surface area contributed by atoms with Crippen LogP contribution in [-0.4, -0.2) is 27.1 Å². The molecule has 1 heterocycles. The predicted molar refractivity (Wildman–Crippen MR) is 127 cm³/mol. The number of halogens is 4. The van der Waals surface area contributed by atoms with Crippen LogP contribution in [-0.2, 0) is 17.4 Å². The van der Waals surface area contributed by atoms with Gasteiger partial charge in [-0.1, -0.05) is 42.5 Å². The Kier molecular flexibility index (Phi) is 7.71. The molecule has 4 rings (SSSR count). The third-order valence-electron chi connectivity index (χ3n) is 6.16. The highest BCUT2D eigenvalue weighted by molar-refractivity contribution is 5.68. The molecule has 0 saturated heterocycles. The van der Waals surface area contributed by atoms with Crippen LogP contribution in [0.15, 0.2) is 60.9 Å². The summed E-state index contributed by atoms with van der Waals surface area (Å²) in [5.41, 5.74) is 0.883. The van der Waals surface area contributed by atoms with Crippen molar-refractivity contribution in [2.45, 2.75) is 50.4 Å². The Balaban J connectivity index is 1.50.